The predicted octanol–water partition coefficient (Wildman–Crippen LogP) is 6.62. The molecule has 2 amide bonds. The maximum Gasteiger partial charge on any atom is 0.325 e. The van der Waals surface area contributed by atoms with E-state index >= 15 is 0 Å². The van der Waals surface area contributed by atoms with Crippen LogP contribution in [0, 0.1) is 5.41 Å². The number of hydrogen-bond acceptors (Lipinski definition) is 9. The van der Waals surface area contributed by atoms with E-state index in [1.54, 1.807) is 43.3 Å². The van der Waals surface area contributed by atoms with Crippen LogP contribution in [0.2, 0.25) is 0 Å². The minimum Gasteiger partial charge on any atom is -0.483 e. The van der Waals surface area contributed by atoms with Crippen LogP contribution in [0.1, 0.15) is 70.9 Å². The van der Waals surface area contributed by atoms with Crippen molar-refractivity contribution in [3.63, 3.8) is 0 Å². The molecule has 12 heteroatoms. The number of fused-ring (bicyclic) bond motifs is 1. The smallest absolute Gasteiger partial charge is 0.325 e. The van der Waals surface area contributed by atoms with Gasteiger partial charge in [0.25, 0.3) is 5.91 Å². The summed E-state index contributed by atoms with van der Waals surface area (Å²) in [6.07, 6.45) is 7.29. The van der Waals surface area contributed by atoms with Gasteiger partial charge in [-0.1, -0.05) is 88.1 Å². The van der Waals surface area contributed by atoms with Gasteiger partial charge in [-0.15, -0.1) is 11.8 Å². The van der Waals surface area contributed by atoms with E-state index in [4.69, 9.17) is 9.47 Å². The molecule has 10 nitrogen and oxygen atoms in total. The molecule has 2 N–H and O–H groups in total. The number of nitrogens with zero attached hydrogens (tertiary/aromatic N) is 1. The van der Waals surface area contributed by atoms with Crippen molar-refractivity contribution >= 4 is 50.8 Å². The van der Waals surface area contributed by atoms with Gasteiger partial charge in [-0.25, -0.2) is 8.42 Å². The minimum atomic E-state index is -3.78. The van der Waals surface area contributed by atoms with Crippen LogP contribution in [0.4, 0.5) is 11.4 Å². The molecular formula is C38H49N3O7S2. The number of sulfone groups is 1. The molecule has 0 radical (unpaired) electrons. The largest absolute Gasteiger partial charge is 0.483 e. The highest BCUT2D eigenvalue weighted by molar-refractivity contribution is 7.98. The fraction of sp³-hybridized carbons (Fsp3) is 0.447. The zero-order chi connectivity index (χ0) is 36.1. The van der Waals surface area contributed by atoms with Gasteiger partial charge in [0, 0.05) is 23.7 Å². The number of carbonyl (C=O) groups is 3. The third kappa shape index (κ3) is 10.0. The van der Waals surface area contributed by atoms with Crippen LogP contribution in [0.25, 0.3) is 0 Å². The molecule has 0 saturated heterocycles. The summed E-state index contributed by atoms with van der Waals surface area (Å²) < 4.78 is 39.7. The molecule has 0 aliphatic carbocycles. The van der Waals surface area contributed by atoms with Crippen LogP contribution in [0.5, 0.6) is 5.75 Å². The van der Waals surface area contributed by atoms with E-state index < -0.39 is 45.7 Å². The molecule has 0 fully saturated rings. The molecule has 270 valence electrons. The Labute approximate surface area is 300 Å². The molecule has 50 heavy (non-hydrogen) atoms. The predicted molar refractivity (Wildman–Crippen MR) is 198 cm³/mol. The molecule has 0 unspecified atom stereocenters. The highest BCUT2D eigenvalue weighted by Crippen LogP contribution is 2.47. The quantitative estimate of drug-likeness (QED) is 0.117. The molecule has 0 bridgehead atoms. The fourth-order valence-electron chi connectivity index (χ4n) is 6.34. The van der Waals surface area contributed by atoms with E-state index in [-0.39, 0.29) is 29.5 Å². The molecule has 1 heterocycles. The van der Waals surface area contributed by atoms with Gasteiger partial charge in [0.2, 0.25) is 5.91 Å². The molecule has 1 aliphatic heterocycles. The van der Waals surface area contributed by atoms with Crippen LogP contribution in [-0.2, 0) is 29.0 Å². The Kier molecular flexibility index (Phi) is 14.2. The highest BCUT2D eigenvalue weighted by atomic mass is 32.2. The topological polar surface area (TPSA) is 131 Å². The van der Waals surface area contributed by atoms with Crippen LogP contribution in [0.15, 0.2) is 82.6 Å². The Balaban J connectivity index is 1.65. The summed E-state index contributed by atoms with van der Waals surface area (Å²) in [7, 11) is -3.78. The van der Waals surface area contributed by atoms with Crippen LogP contribution >= 0.6 is 11.8 Å². The number of anilines is 2. The van der Waals surface area contributed by atoms with E-state index in [9.17, 15) is 22.8 Å². The second-order valence-electron chi connectivity index (χ2n) is 12.6. The van der Waals surface area contributed by atoms with Gasteiger partial charge in [0.05, 0.1) is 27.8 Å². The van der Waals surface area contributed by atoms with E-state index in [2.05, 4.69) is 29.4 Å². The maximum absolute atomic E-state index is 14.4. The fourth-order valence-corrected chi connectivity index (χ4v) is 9.01. The molecule has 4 rings (SSSR count). The van der Waals surface area contributed by atoms with Crippen molar-refractivity contribution in [2.24, 2.45) is 5.41 Å². The van der Waals surface area contributed by atoms with Crippen molar-refractivity contribution in [3.8, 4) is 5.75 Å². The summed E-state index contributed by atoms with van der Waals surface area (Å²) in [6, 6.07) is 20.8. The lowest BCUT2D eigenvalue weighted by Crippen LogP contribution is -2.43. The number of rotatable bonds is 17. The number of nitrogens with one attached hydrogen (secondary N) is 2. The Morgan fingerprint density at radius 2 is 1.58 bits per heavy atom. The number of thioether (sulfide) groups is 1. The van der Waals surface area contributed by atoms with E-state index in [1.165, 1.54) is 11.8 Å². The molecule has 0 spiro atoms. The Bertz CT molecular complexity index is 1690. The summed E-state index contributed by atoms with van der Waals surface area (Å²) in [6.45, 7) is 5.86. The maximum atomic E-state index is 14.4. The number of carbonyl (C=O) groups excluding carboxylic acids is 3. The monoisotopic (exact) mass is 723 g/mol. The van der Waals surface area contributed by atoms with Crippen molar-refractivity contribution in [2.75, 3.05) is 43.2 Å². The zero-order valence-corrected chi connectivity index (χ0v) is 31.0. The minimum absolute atomic E-state index is 0.0224. The molecule has 0 saturated carbocycles. The molecule has 3 aromatic rings. The van der Waals surface area contributed by atoms with Gasteiger partial charge in [-0.2, -0.15) is 0 Å². The average Bonchev–Trinajstić information content (AvgIpc) is 3.22. The highest BCUT2D eigenvalue weighted by Gasteiger charge is 2.42. The van der Waals surface area contributed by atoms with Gasteiger partial charge >= 0.3 is 5.97 Å². The lowest BCUT2D eigenvalue weighted by Gasteiger charge is -2.37. The number of ether oxygens (including phenoxy) is 2. The summed E-state index contributed by atoms with van der Waals surface area (Å²) in [5, 5.41) is 5.22. The number of esters is 1. The third-order valence-corrected chi connectivity index (χ3v) is 11.6. The van der Waals surface area contributed by atoms with Gasteiger partial charge < -0.3 is 25.0 Å². The van der Waals surface area contributed by atoms with Crippen molar-refractivity contribution in [2.45, 2.75) is 75.1 Å². The zero-order valence-electron chi connectivity index (χ0n) is 29.4. The lowest BCUT2D eigenvalue weighted by molar-refractivity contribution is -0.143. The number of benzene rings is 3. The lowest BCUT2D eigenvalue weighted by atomic mass is 9.79. The van der Waals surface area contributed by atoms with Crippen molar-refractivity contribution in [1.29, 1.82) is 0 Å². The van der Waals surface area contributed by atoms with Crippen molar-refractivity contribution in [3.05, 3.63) is 78.4 Å². The van der Waals surface area contributed by atoms with Crippen LogP contribution in [-0.4, -0.2) is 64.5 Å². The van der Waals surface area contributed by atoms with Gasteiger partial charge in [0.15, 0.2) is 16.4 Å². The molecule has 1 aliphatic rings. The Hall–Kier alpha value is -4.03. The Morgan fingerprint density at radius 3 is 2.18 bits per heavy atom. The van der Waals surface area contributed by atoms with Gasteiger partial charge in [-0.3, -0.25) is 14.4 Å². The van der Waals surface area contributed by atoms with Gasteiger partial charge in [-0.05, 0) is 49.8 Å². The summed E-state index contributed by atoms with van der Waals surface area (Å²) >= 11 is 1.39. The van der Waals surface area contributed by atoms with Crippen LogP contribution < -0.4 is 20.3 Å². The third-order valence-electron chi connectivity index (χ3n) is 8.82. The average molecular weight is 724 g/mol. The molecule has 0 aromatic heterocycles. The number of hydrogen-bond donors (Lipinski definition) is 2. The summed E-state index contributed by atoms with van der Waals surface area (Å²) in [4.78, 5) is 41.2. The first kappa shape index (κ1) is 38.8. The van der Waals surface area contributed by atoms with E-state index in [0.717, 1.165) is 44.2 Å². The second-order valence-corrected chi connectivity index (χ2v) is 15.4. The van der Waals surface area contributed by atoms with Gasteiger partial charge in [0.1, 0.15) is 18.3 Å². The first-order valence-electron chi connectivity index (χ1n) is 17.2. The second kappa shape index (κ2) is 18.3. The van der Waals surface area contributed by atoms with Crippen LogP contribution in [0.3, 0.4) is 0 Å². The molecule has 1 atom stereocenters. The number of unbranched alkanes of at least 4 members (excludes halogenated alkanes) is 2. The van der Waals surface area contributed by atoms with E-state index in [0.29, 0.717) is 22.7 Å². The molecular weight excluding hydrogens is 675 g/mol. The summed E-state index contributed by atoms with van der Waals surface area (Å²) in [5.41, 5.74) is 1.57. The van der Waals surface area contributed by atoms with Crippen molar-refractivity contribution < 1.29 is 32.3 Å². The normalized spacial score (nSPS) is 15.2. The SMILES string of the molecule is CCCCC1(CCCC)CN(c2ccccc2)c2cc(SC)c(OCC(=O)N[C@@H](C(=O)NCC(=O)OCC)c3ccccc3)cc2S(=O)(=O)C1. The summed E-state index contributed by atoms with van der Waals surface area (Å²) in [5.74, 6) is -1.49. The molecule has 3 aromatic carbocycles. The Morgan fingerprint density at radius 1 is 0.940 bits per heavy atom. The standard InChI is InChI=1S/C38H49N3O7S2/c1-5-8-20-38(21-9-6-2)26-41(29-18-14-11-15-19-29)30-22-32(49-4)31(23-33(30)50(45,46)27-38)48-25-34(42)40-36(28-16-12-10-13-17-28)37(44)39-24-35(43)47-7-3/h10-19,22-23,36H,5-9,20-21,24-27H2,1-4H3,(H,39,44)(H,40,42)/t36-/m1/s1. The number of amides is 2. The van der Waals surface area contributed by atoms with E-state index in [1.807, 2.05) is 42.7 Å². The number of para-hydroxylation sites is 1. The first-order chi connectivity index (χ1) is 24.1. The first-order valence-corrected chi connectivity index (χ1v) is 20.1. The van der Waals surface area contributed by atoms with Crippen molar-refractivity contribution in [1.82, 2.24) is 10.6 Å².